The van der Waals surface area contributed by atoms with Crippen LogP contribution in [0.15, 0.2) is 45.6 Å². The largest absolute Gasteiger partial charge is 0.502 e. The average molecular weight is 318 g/mol. The van der Waals surface area contributed by atoms with Gasteiger partial charge in [-0.3, -0.25) is 4.79 Å². The lowest BCUT2D eigenvalue weighted by molar-refractivity contribution is 0.414. The minimum atomic E-state index is -0.582. The molecule has 0 radical (unpaired) electrons. The lowest BCUT2D eigenvalue weighted by atomic mass is 10.1. The third kappa shape index (κ3) is 2.25. The number of nitrogen functional groups attached to an aromatic ring is 1. The number of hydrogen-bond donors (Lipinski definition) is 2. The molecule has 3 N–H and O–H groups in total. The number of halogens is 1. The first-order valence-electron chi connectivity index (χ1n) is 6.40. The molecule has 0 saturated heterocycles. The Kier molecular flexibility index (Phi) is 3.42. The van der Waals surface area contributed by atoms with Crippen LogP contribution >= 0.6 is 11.6 Å². The number of ether oxygens (including phenoxy) is 1. The SMILES string of the molecule is COc1ccc(-c2oc3c(N)cc(Cl)cc3c(=O)c2O)cc1. The first-order chi connectivity index (χ1) is 10.5. The Morgan fingerprint density at radius 1 is 1.23 bits per heavy atom. The number of benzene rings is 2. The lowest BCUT2D eigenvalue weighted by Crippen LogP contribution is -2.04. The van der Waals surface area contributed by atoms with Crippen molar-refractivity contribution >= 4 is 28.3 Å². The van der Waals surface area contributed by atoms with Crippen molar-refractivity contribution in [2.24, 2.45) is 0 Å². The molecule has 0 atom stereocenters. The highest BCUT2D eigenvalue weighted by atomic mass is 35.5. The standard InChI is InChI=1S/C16H12ClNO4/c1-21-10-4-2-8(3-5-10)15-14(20)13(19)11-6-9(17)7-12(18)16(11)22-15/h2-7,20H,18H2,1H3. The lowest BCUT2D eigenvalue weighted by Gasteiger charge is -2.08. The van der Waals surface area contributed by atoms with Gasteiger partial charge in [-0.15, -0.1) is 0 Å². The summed E-state index contributed by atoms with van der Waals surface area (Å²) in [5, 5.41) is 10.6. The van der Waals surface area contributed by atoms with E-state index in [9.17, 15) is 9.90 Å². The summed E-state index contributed by atoms with van der Waals surface area (Å²) in [5.41, 5.74) is 6.23. The van der Waals surface area contributed by atoms with Gasteiger partial charge >= 0.3 is 0 Å². The van der Waals surface area contributed by atoms with Gasteiger partial charge in [0.15, 0.2) is 11.3 Å². The van der Waals surface area contributed by atoms with Gasteiger partial charge in [0.05, 0.1) is 18.2 Å². The predicted octanol–water partition coefficient (Wildman–Crippen LogP) is 3.41. The first-order valence-corrected chi connectivity index (χ1v) is 6.78. The van der Waals surface area contributed by atoms with Crippen LogP contribution in [0.5, 0.6) is 11.5 Å². The van der Waals surface area contributed by atoms with E-state index in [2.05, 4.69) is 0 Å². The normalized spacial score (nSPS) is 10.8. The number of fused-ring (bicyclic) bond motifs is 1. The van der Waals surface area contributed by atoms with Crippen molar-refractivity contribution in [2.45, 2.75) is 0 Å². The van der Waals surface area contributed by atoms with E-state index >= 15 is 0 Å². The number of nitrogens with two attached hydrogens (primary N) is 1. The summed E-state index contributed by atoms with van der Waals surface area (Å²) in [4.78, 5) is 12.3. The van der Waals surface area contributed by atoms with Crippen LogP contribution in [0.3, 0.4) is 0 Å². The van der Waals surface area contributed by atoms with Gasteiger partial charge in [-0.2, -0.15) is 0 Å². The molecule has 3 rings (SSSR count). The highest BCUT2D eigenvalue weighted by Crippen LogP contribution is 2.34. The molecule has 1 heterocycles. The van der Waals surface area contributed by atoms with Crippen LogP contribution in [0.4, 0.5) is 5.69 Å². The van der Waals surface area contributed by atoms with Crippen molar-refractivity contribution in [1.29, 1.82) is 0 Å². The molecule has 0 aliphatic heterocycles. The van der Waals surface area contributed by atoms with E-state index in [4.69, 9.17) is 26.5 Å². The van der Waals surface area contributed by atoms with Crippen molar-refractivity contribution in [3.63, 3.8) is 0 Å². The second-order valence-corrected chi connectivity index (χ2v) is 5.15. The molecule has 0 spiro atoms. The number of rotatable bonds is 2. The molecule has 0 unspecified atom stereocenters. The zero-order valence-corrected chi connectivity index (χ0v) is 12.3. The van der Waals surface area contributed by atoms with E-state index in [0.717, 1.165) is 0 Å². The fraction of sp³-hybridized carbons (Fsp3) is 0.0625. The zero-order valence-electron chi connectivity index (χ0n) is 11.6. The minimum absolute atomic E-state index is 0.0502. The van der Waals surface area contributed by atoms with Crippen LogP contribution in [0.1, 0.15) is 0 Å². The molecule has 2 aromatic carbocycles. The predicted molar refractivity (Wildman–Crippen MR) is 85.6 cm³/mol. The Labute approximate surface area is 130 Å². The van der Waals surface area contributed by atoms with Crippen LogP contribution in [0, 0.1) is 0 Å². The summed E-state index contributed by atoms with van der Waals surface area (Å²) >= 11 is 5.88. The summed E-state index contributed by atoms with van der Waals surface area (Å²) in [6.07, 6.45) is 0. The Morgan fingerprint density at radius 2 is 1.91 bits per heavy atom. The number of methoxy groups -OCH3 is 1. The molecule has 6 heteroatoms. The van der Waals surface area contributed by atoms with E-state index < -0.39 is 11.2 Å². The van der Waals surface area contributed by atoms with Crippen molar-refractivity contribution in [2.75, 3.05) is 12.8 Å². The van der Waals surface area contributed by atoms with Crippen LogP contribution < -0.4 is 15.9 Å². The molecular formula is C16H12ClNO4. The molecule has 5 nitrogen and oxygen atoms in total. The first kappa shape index (κ1) is 14.3. The quantitative estimate of drug-likeness (QED) is 0.707. The molecular weight excluding hydrogens is 306 g/mol. The van der Waals surface area contributed by atoms with Gasteiger partial charge in [-0.05, 0) is 36.4 Å². The molecule has 0 aliphatic carbocycles. The van der Waals surface area contributed by atoms with Crippen LogP contribution in [-0.2, 0) is 0 Å². The van der Waals surface area contributed by atoms with Gasteiger partial charge in [-0.1, -0.05) is 11.6 Å². The Hall–Kier alpha value is -2.66. The highest BCUT2D eigenvalue weighted by molar-refractivity contribution is 6.31. The Morgan fingerprint density at radius 3 is 2.55 bits per heavy atom. The van der Waals surface area contributed by atoms with E-state index in [1.165, 1.54) is 12.1 Å². The van der Waals surface area contributed by atoms with Crippen LogP contribution in [-0.4, -0.2) is 12.2 Å². The molecule has 0 fully saturated rings. The van der Waals surface area contributed by atoms with Gasteiger partial charge in [0.25, 0.3) is 0 Å². The molecule has 0 bridgehead atoms. The number of aromatic hydroxyl groups is 1. The third-order valence-electron chi connectivity index (χ3n) is 3.31. The summed E-state index contributed by atoms with van der Waals surface area (Å²) in [7, 11) is 1.55. The Balaban J connectivity index is 2.30. The van der Waals surface area contributed by atoms with Crippen molar-refractivity contribution in [3.8, 4) is 22.8 Å². The average Bonchev–Trinajstić information content (AvgIpc) is 2.51. The van der Waals surface area contributed by atoms with Gasteiger partial charge < -0.3 is 20.0 Å². The molecule has 0 saturated carbocycles. The number of anilines is 1. The second-order valence-electron chi connectivity index (χ2n) is 4.71. The summed E-state index contributed by atoms with van der Waals surface area (Å²) in [5.74, 6) is 0.214. The van der Waals surface area contributed by atoms with Gasteiger partial charge in [0, 0.05) is 10.6 Å². The molecule has 112 valence electrons. The third-order valence-corrected chi connectivity index (χ3v) is 3.53. The fourth-order valence-electron chi connectivity index (χ4n) is 2.22. The smallest absolute Gasteiger partial charge is 0.235 e. The number of hydrogen-bond acceptors (Lipinski definition) is 5. The van der Waals surface area contributed by atoms with Crippen LogP contribution in [0.25, 0.3) is 22.3 Å². The highest BCUT2D eigenvalue weighted by Gasteiger charge is 2.17. The topological polar surface area (TPSA) is 85.7 Å². The molecule has 0 amide bonds. The maximum Gasteiger partial charge on any atom is 0.235 e. The molecule has 3 aromatic rings. The van der Waals surface area contributed by atoms with E-state index in [-0.39, 0.29) is 22.4 Å². The van der Waals surface area contributed by atoms with Crippen molar-refractivity contribution in [1.82, 2.24) is 0 Å². The van der Waals surface area contributed by atoms with Crippen molar-refractivity contribution < 1.29 is 14.3 Å². The van der Waals surface area contributed by atoms with E-state index in [1.54, 1.807) is 31.4 Å². The molecule has 1 aromatic heterocycles. The van der Waals surface area contributed by atoms with E-state index in [1.807, 2.05) is 0 Å². The fourth-order valence-corrected chi connectivity index (χ4v) is 2.44. The Bertz CT molecular complexity index is 916. The maximum atomic E-state index is 12.3. The second kappa shape index (κ2) is 5.27. The van der Waals surface area contributed by atoms with Gasteiger partial charge in [0.1, 0.15) is 5.75 Å². The van der Waals surface area contributed by atoms with Crippen LogP contribution in [0.2, 0.25) is 5.02 Å². The molecule has 22 heavy (non-hydrogen) atoms. The monoisotopic (exact) mass is 317 g/mol. The zero-order chi connectivity index (χ0) is 15.9. The van der Waals surface area contributed by atoms with E-state index in [0.29, 0.717) is 16.3 Å². The summed E-state index contributed by atoms with van der Waals surface area (Å²) in [6.45, 7) is 0. The maximum absolute atomic E-state index is 12.3. The van der Waals surface area contributed by atoms with Gasteiger partial charge in [-0.25, -0.2) is 0 Å². The van der Waals surface area contributed by atoms with Crippen molar-refractivity contribution in [3.05, 3.63) is 51.6 Å². The summed E-state index contributed by atoms with van der Waals surface area (Å²) in [6, 6.07) is 9.65. The summed E-state index contributed by atoms with van der Waals surface area (Å²) < 4.78 is 10.7. The molecule has 0 aliphatic rings. The van der Waals surface area contributed by atoms with Gasteiger partial charge in [0.2, 0.25) is 11.2 Å². The minimum Gasteiger partial charge on any atom is -0.502 e.